The van der Waals surface area contributed by atoms with Gasteiger partial charge in [0.25, 0.3) is 0 Å². The van der Waals surface area contributed by atoms with Gasteiger partial charge >= 0.3 is 26.2 Å². The average molecular weight is 368 g/mol. The minimum Gasteiger partial charge on any atom is -0.855 e. The van der Waals surface area contributed by atoms with E-state index in [1.54, 1.807) is 13.8 Å². The Kier molecular flexibility index (Phi) is 21.3. The molecule has 0 bridgehead atoms. The van der Waals surface area contributed by atoms with Gasteiger partial charge in [0.1, 0.15) is 0 Å². The molecule has 0 saturated heterocycles. The second kappa shape index (κ2) is 17.6. The summed E-state index contributed by atoms with van der Waals surface area (Å²) in [6, 6.07) is 12.6. The molecule has 0 spiro atoms. The van der Waals surface area contributed by atoms with E-state index in [2.05, 4.69) is 64.1 Å². The van der Waals surface area contributed by atoms with Crippen molar-refractivity contribution in [1.29, 1.82) is 0 Å². The summed E-state index contributed by atoms with van der Waals surface area (Å²) < 4.78 is 0. The van der Waals surface area contributed by atoms with Gasteiger partial charge in [0.15, 0.2) is 0 Å². The Morgan fingerprint density at radius 1 is 0.810 bits per heavy atom. The summed E-state index contributed by atoms with van der Waals surface area (Å²) in [6.07, 6.45) is 0. The molecule has 0 aromatic heterocycles. The standard InChI is InChI=1S/2C7H9.2C2H5O.Zr/c2*1-6-4-3-5-7(6)2;2*1-2-3;/h2*3-5H,1-2H3;2*2H2,1H3;/q4*-1;+4. The van der Waals surface area contributed by atoms with E-state index in [1.165, 1.54) is 22.3 Å². The number of hydrogen-bond acceptors (Lipinski definition) is 2. The molecule has 0 unspecified atom stereocenters. The molecule has 0 aliphatic carbocycles. The molecule has 0 atom stereocenters. The molecular formula is C18H28O2Zr. The van der Waals surface area contributed by atoms with Crippen LogP contribution in [0.15, 0.2) is 36.4 Å². The fourth-order valence-electron chi connectivity index (χ4n) is 1.20. The summed E-state index contributed by atoms with van der Waals surface area (Å²) in [7, 11) is 0. The number of rotatable bonds is 0. The Bertz CT molecular complexity index is 343. The summed E-state index contributed by atoms with van der Waals surface area (Å²) >= 11 is 0. The smallest absolute Gasteiger partial charge is 0.855 e. The predicted molar refractivity (Wildman–Crippen MR) is 84.1 cm³/mol. The van der Waals surface area contributed by atoms with Crippen molar-refractivity contribution >= 4 is 0 Å². The Morgan fingerprint density at radius 3 is 1.10 bits per heavy atom. The van der Waals surface area contributed by atoms with Crippen LogP contribution in [-0.2, 0) is 26.2 Å². The topological polar surface area (TPSA) is 46.1 Å². The molecule has 116 valence electrons. The largest absolute Gasteiger partial charge is 4.00 e. The van der Waals surface area contributed by atoms with Crippen LogP contribution >= 0.6 is 0 Å². The fraction of sp³-hybridized carbons (Fsp3) is 0.444. The van der Waals surface area contributed by atoms with Crippen molar-refractivity contribution in [3.63, 3.8) is 0 Å². The van der Waals surface area contributed by atoms with Crippen LogP contribution in [0.1, 0.15) is 36.1 Å². The van der Waals surface area contributed by atoms with Crippen molar-refractivity contribution in [1.82, 2.24) is 0 Å². The molecule has 2 rings (SSSR count). The van der Waals surface area contributed by atoms with Crippen molar-refractivity contribution < 1.29 is 36.4 Å². The fourth-order valence-corrected chi connectivity index (χ4v) is 1.20. The van der Waals surface area contributed by atoms with Crippen LogP contribution in [-0.4, -0.2) is 13.2 Å². The van der Waals surface area contributed by atoms with Crippen molar-refractivity contribution in [3.05, 3.63) is 58.7 Å². The second-order valence-electron chi connectivity index (χ2n) is 4.36. The molecule has 2 aromatic rings. The van der Waals surface area contributed by atoms with E-state index in [0.29, 0.717) is 0 Å². The SMILES string of the molecule is CC[O-].CC[O-].Cc1ccc[c-]1C.Cc1ccc[c-]1C.[Zr+4]. The zero-order valence-electron chi connectivity index (χ0n) is 14.2. The first-order valence-electron chi connectivity index (χ1n) is 6.98. The summed E-state index contributed by atoms with van der Waals surface area (Å²) in [4.78, 5) is 0. The third kappa shape index (κ3) is 15.7. The van der Waals surface area contributed by atoms with Gasteiger partial charge in [-0.25, -0.2) is 24.3 Å². The van der Waals surface area contributed by atoms with E-state index >= 15 is 0 Å². The maximum atomic E-state index is 8.93. The summed E-state index contributed by atoms with van der Waals surface area (Å²) in [5.74, 6) is 0. The molecular weight excluding hydrogens is 339 g/mol. The van der Waals surface area contributed by atoms with Gasteiger partial charge < -0.3 is 10.2 Å². The van der Waals surface area contributed by atoms with Crippen LogP contribution in [0.2, 0.25) is 0 Å². The van der Waals surface area contributed by atoms with Crippen LogP contribution < -0.4 is 10.2 Å². The molecule has 0 saturated carbocycles. The Hall–Kier alpha value is -0.497. The maximum absolute atomic E-state index is 8.93. The first-order valence-corrected chi connectivity index (χ1v) is 6.98. The zero-order valence-corrected chi connectivity index (χ0v) is 16.7. The number of hydrogen-bond donors (Lipinski definition) is 0. The van der Waals surface area contributed by atoms with Crippen LogP contribution in [0.25, 0.3) is 0 Å². The van der Waals surface area contributed by atoms with Gasteiger partial charge in [0, 0.05) is 0 Å². The van der Waals surface area contributed by atoms with Crippen molar-refractivity contribution in [2.45, 2.75) is 41.5 Å². The molecule has 0 amide bonds. The summed E-state index contributed by atoms with van der Waals surface area (Å²) in [5, 5.41) is 17.9. The van der Waals surface area contributed by atoms with E-state index in [4.69, 9.17) is 10.2 Å². The minimum absolute atomic E-state index is 0. The summed E-state index contributed by atoms with van der Waals surface area (Å²) in [6.45, 7) is 11.6. The van der Waals surface area contributed by atoms with E-state index in [9.17, 15) is 0 Å². The van der Waals surface area contributed by atoms with Gasteiger partial charge in [0.2, 0.25) is 0 Å². The molecule has 21 heavy (non-hydrogen) atoms. The minimum atomic E-state index is 0. The molecule has 0 radical (unpaired) electrons. The zero-order chi connectivity index (χ0) is 16.0. The van der Waals surface area contributed by atoms with Crippen molar-refractivity contribution in [2.24, 2.45) is 0 Å². The Morgan fingerprint density at radius 2 is 1.05 bits per heavy atom. The Labute approximate surface area is 149 Å². The maximum Gasteiger partial charge on any atom is 4.00 e. The van der Waals surface area contributed by atoms with Crippen molar-refractivity contribution in [3.8, 4) is 0 Å². The van der Waals surface area contributed by atoms with E-state index in [0.717, 1.165) is 0 Å². The normalized spacial score (nSPS) is 8.00. The first kappa shape index (κ1) is 25.5. The van der Waals surface area contributed by atoms with Crippen molar-refractivity contribution in [2.75, 3.05) is 13.2 Å². The third-order valence-electron chi connectivity index (χ3n) is 2.63. The Balaban J connectivity index is -0.000000220. The van der Waals surface area contributed by atoms with E-state index in [-0.39, 0.29) is 39.4 Å². The molecule has 0 aliphatic rings. The van der Waals surface area contributed by atoms with Crippen LogP contribution in [0.4, 0.5) is 0 Å². The van der Waals surface area contributed by atoms with Crippen LogP contribution in [0, 0.1) is 27.7 Å². The molecule has 2 nitrogen and oxygen atoms in total. The van der Waals surface area contributed by atoms with E-state index < -0.39 is 0 Å². The molecule has 0 heterocycles. The monoisotopic (exact) mass is 366 g/mol. The number of aryl methyl sites for hydroxylation is 4. The molecule has 2 aromatic carbocycles. The average Bonchev–Trinajstić information content (AvgIpc) is 2.93. The summed E-state index contributed by atoms with van der Waals surface area (Å²) in [5.41, 5.74) is 5.56. The van der Waals surface area contributed by atoms with E-state index in [1.807, 2.05) is 0 Å². The van der Waals surface area contributed by atoms with Crippen LogP contribution in [0.5, 0.6) is 0 Å². The molecule has 0 N–H and O–H groups in total. The molecule has 0 aliphatic heterocycles. The second-order valence-corrected chi connectivity index (χ2v) is 4.36. The van der Waals surface area contributed by atoms with Crippen LogP contribution in [0.3, 0.4) is 0 Å². The van der Waals surface area contributed by atoms with Gasteiger partial charge in [-0.15, -0.1) is 13.2 Å². The predicted octanol–water partition coefficient (Wildman–Crippen LogP) is 2.78. The first-order chi connectivity index (χ1) is 9.44. The quantitative estimate of drug-likeness (QED) is 0.672. The molecule has 3 heteroatoms. The van der Waals surface area contributed by atoms with Gasteiger partial charge in [-0.05, 0) is 0 Å². The van der Waals surface area contributed by atoms with Gasteiger partial charge in [-0.2, -0.15) is 34.4 Å². The van der Waals surface area contributed by atoms with Gasteiger partial charge in [-0.3, -0.25) is 0 Å². The third-order valence-corrected chi connectivity index (χ3v) is 2.63. The molecule has 0 fully saturated rings. The van der Waals surface area contributed by atoms with Gasteiger partial charge in [0.05, 0.1) is 0 Å². The van der Waals surface area contributed by atoms with Gasteiger partial charge in [-0.1, -0.05) is 41.5 Å².